The Bertz CT molecular complexity index is 671. The van der Waals surface area contributed by atoms with E-state index in [0.29, 0.717) is 5.01 Å². The molecule has 1 aliphatic heterocycles. The molecule has 3 heterocycles. The van der Waals surface area contributed by atoms with E-state index in [1.54, 1.807) is 13.1 Å². The molecule has 2 aromatic heterocycles. The first kappa shape index (κ1) is 12.5. The Morgan fingerprint density at radius 1 is 1.45 bits per heavy atom. The first-order valence-electron chi connectivity index (χ1n) is 5.57. The Kier molecular flexibility index (Phi) is 2.86. The van der Waals surface area contributed by atoms with Gasteiger partial charge in [0.25, 0.3) is 5.79 Å². The molecule has 0 bridgehead atoms. The predicted molar refractivity (Wildman–Crippen MR) is 66.6 cm³/mol. The molecule has 9 nitrogen and oxygen atoms in total. The van der Waals surface area contributed by atoms with Gasteiger partial charge in [-0.25, -0.2) is 4.98 Å². The molecule has 3 rings (SSSR count). The number of rotatable bonds is 4. The second-order valence-electron chi connectivity index (χ2n) is 4.06. The summed E-state index contributed by atoms with van der Waals surface area (Å²) in [5.41, 5.74) is 0. The van der Waals surface area contributed by atoms with Crippen LogP contribution in [-0.4, -0.2) is 24.9 Å². The van der Waals surface area contributed by atoms with Gasteiger partial charge in [0.1, 0.15) is 29.0 Å². The predicted octanol–water partition coefficient (Wildman–Crippen LogP) is 1.38. The quantitative estimate of drug-likeness (QED) is 0.619. The van der Waals surface area contributed by atoms with E-state index < -0.39 is 10.7 Å². The molecule has 1 aliphatic rings. The van der Waals surface area contributed by atoms with Crippen molar-refractivity contribution in [3.63, 3.8) is 0 Å². The van der Waals surface area contributed by atoms with Crippen molar-refractivity contribution in [2.75, 3.05) is 0 Å². The highest BCUT2D eigenvalue weighted by molar-refractivity contribution is 7.11. The zero-order chi connectivity index (χ0) is 14.2. The number of hydrogen-bond acceptors (Lipinski definition) is 8. The molecular formula is C10H9N5O4S. The van der Waals surface area contributed by atoms with Gasteiger partial charge in [0.15, 0.2) is 6.20 Å². The summed E-state index contributed by atoms with van der Waals surface area (Å²) in [5.74, 6) is -1.15. The fourth-order valence-corrected chi connectivity index (χ4v) is 2.55. The third-order valence-electron chi connectivity index (χ3n) is 2.63. The van der Waals surface area contributed by atoms with Gasteiger partial charge in [0.05, 0.1) is 5.10 Å². The third-order valence-corrected chi connectivity index (χ3v) is 3.80. The summed E-state index contributed by atoms with van der Waals surface area (Å²) in [5, 5.41) is 18.8. The van der Waals surface area contributed by atoms with Crippen LogP contribution in [0.2, 0.25) is 0 Å². The van der Waals surface area contributed by atoms with Crippen LogP contribution in [0.3, 0.4) is 0 Å². The zero-order valence-electron chi connectivity index (χ0n) is 10.3. The SMILES string of the molecule is CC1(c2cnc(Cn3ncc([N+](=O)[O-])n3)s2)OC=CO1. The van der Waals surface area contributed by atoms with Crippen molar-refractivity contribution in [1.82, 2.24) is 20.0 Å². The maximum atomic E-state index is 10.5. The Balaban J connectivity index is 1.75. The minimum Gasteiger partial charge on any atom is -0.452 e. The minimum absolute atomic E-state index is 0.252. The lowest BCUT2D eigenvalue weighted by atomic mass is 10.3. The Morgan fingerprint density at radius 2 is 2.20 bits per heavy atom. The fraction of sp³-hybridized carbons (Fsp3) is 0.300. The molecule has 0 saturated carbocycles. The largest absolute Gasteiger partial charge is 0.452 e. The summed E-state index contributed by atoms with van der Waals surface area (Å²) in [7, 11) is 0. The lowest BCUT2D eigenvalue weighted by molar-refractivity contribution is -0.389. The van der Waals surface area contributed by atoms with Gasteiger partial charge in [0.2, 0.25) is 0 Å². The van der Waals surface area contributed by atoms with Crippen molar-refractivity contribution < 1.29 is 14.4 Å². The smallest absolute Gasteiger partial charge is 0.410 e. The number of ether oxygens (including phenoxy) is 2. The van der Waals surface area contributed by atoms with E-state index in [1.165, 1.54) is 28.7 Å². The van der Waals surface area contributed by atoms with Crippen LogP contribution in [0, 0.1) is 10.1 Å². The molecule has 0 saturated heterocycles. The van der Waals surface area contributed by atoms with Crippen LogP contribution < -0.4 is 0 Å². The van der Waals surface area contributed by atoms with E-state index in [0.717, 1.165) is 11.1 Å². The van der Waals surface area contributed by atoms with Crippen LogP contribution in [0.25, 0.3) is 0 Å². The van der Waals surface area contributed by atoms with E-state index in [2.05, 4.69) is 15.2 Å². The molecule has 0 N–H and O–H groups in total. The van der Waals surface area contributed by atoms with Gasteiger partial charge in [0, 0.05) is 13.1 Å². The highest BCUT2D eigenvalue weighted by Crippen LogP contribution is 2.34. The van der Waals surface area contributed by atoms with Gasteiger partial charge >= 0.3 is 5.82 Å². The van der Waals surface area contributed by atoms with Gasteiger partial charge in [-0.15, -0.1) is 16.4 Å². The van der Waals surface area contributed by atoms with Gasteiger partial charge in [-0.3, -0.25) is 0 Å². The van der Waals surface area contributed by atoms with Crippen molar-refractivity contribution in [2.24, 2.45) is 0 Å². The van der Waals surface area contributed by atoms with E-state index in [-0.39, 0.29) is 12.4 Å². The van der Waals surface area contributed by atoms with Gasteiger partial charge in [-0.05, 0) is 4.92 Å². The lowest BCUT2D eigenvalue weighted by Gasteiger charge is -2.20. The molecule has 10 heteroatoms. The first-order valence-corrected chi connectivity index (χ1v) is 6.39. The number of nitro groups is 1. The highest BCUT2D eigenvalue weighted by Gasteiger charge is 2.34. The molecular weight excluding hydrogens is 286 g/mol. The minimum atomic E-state index is -0.862. The maximum absolute atomic E-state index is 10.5. The molecule has 20 heavy (non-hydrogen) atoms. The fourth-order valence-electron chi connectivity index (χ4n) is 1.62. The van der Waals surface area contributed by atoms with Gasteiger partial charge in [-0.2, -0.15) is 0 Å². The van der Waals surface area contributed by atoms with Crippen LogP contribution in [0.15, 0.2) is 24.9 Å². The highest BCUT2D eigenvalue weighted by atomic mass is 32.1. The lowest BCUT2D eigenvalue weighted by Crippen LogP contribution is -2.20. The molecule has 0 aromatic carbocycles. The van der Waals surface area contributed by atoms with Crippen LogP contribution >= 0.6 is 11.3 Å². The van der Waals surface area contributed by atoms with Crippen molar-refractivity contribution in [3.05, 3.63) is 44.9 Å². The summed E-state index contributed by atoms with van der Waals surface area (Å²) < 4.78 is 10.7. The molecule has 2 aromatic rings. The van der Waals surface area contributed by atoms with E-state index >= 15 is 0 Å². The Labute approximate surface area is 116 Å². The van der Waals surface area contributed by atoms with E-state index in [1.807, 2.05) is 0 Å². The molecule has 0 aliphatic carbocycles. The summed E-state index contributed by atoms with van der Waals surface area (Å²) >= 11 is 1.37. The average molecular weight is 295 g/mol. The summed E-state index contributed by atoms with van der Waals surface area (Å²) in [6, 6.07) is 0. The van der Waals surface area contributed by atoms with Crippen molar-refractivity contribution in [2.45, 2.75) is 19.3 Å². The second-order valence-corrected chi connectivity index (χ2v) is 5.18. The zero-order valence-corrected chi connectivity index (χ0v) is 11.1. The molecule has 0 radical (unpaired) electrons. The normalized spacial score (nSPS) is 15.8. The molecule has 0 amide bonds. The monoisotopic (exact) mass is 295 g/mol. The van der Waals surface area contributed by atoms with Gasteiger partial charge < -0.3 is 19.6 Å². The van der Waals surface area contributed by atoms with Crippen molar-refractivity contribution in [1.29, 1.82) is 0 Å². The second kappa shape index (κ2) is 4.56. The third kappa shape index (κ3) is 2.20. The topological polar surface area (TPSA) is 105 Å². The van der Waals surface area contributed by atoms with Crippen LogP contribution in [-0.2, 0) is 21.8 Å². The van der Waals surface area contributed by atoms with E-state index in [4.69, 9.17) is 9.47 Å². The van der Waals surface area contributed by atoms with Crippen LogP contribution in [0.4, 0.5) is 5.82 Å². The van der Waals surface area contributed by atoms with Crippen molar-refractivity contribution >= 4 is 17.2 Å². The number of aromatic nitrogens is 4. The first-order chi connectivity index (χ1) is 9.57. The Hall–Kier alpha value is -2.49. The Morgan fingerprint density at radius 3 is 2.85 bits per heavy atom. The number of nitrogens with zero attached hydrogens (tertiary/aromatic N) is 5. The molecule has 0 fully saturated rings. The van der Waals surface area contributed by atoms with Crippen LogP contribution in [0.1, 0.15) is 16.8 Å². The average Bonchev–Trinajstić information content (AvgIpc) is 3.10. The maximum Gasteiger partial charge on any atom is 0.410 e. The standard InChI is InChI=1S/C10H9N5O4S/c1-10(18-2-3-19-10)7-4-11-9(20-7)6-14-12-5-8(13-14)15(16)17/h2-5H,6H2,1H3. The number of hydrogen-bond donors (Lipinski definition) is 0. The number of thiazole rings is 1. The summed E-state index contributed by atoms with van der Waals surface area (Å²) in [6.07, 6.45) is 5.68. The van der Waals surface area contributed by atoms with Gasteiger partial charge in [-0.1, -0.05) is 4.80 Å². The summed E-state index contributed by atoms with van der Waals surface area (Å²) in [6.45, 7) is 2.03. The molecule has 0 unspecified atom stereocenters. The van der Waals surface area contributed by atoms with E-state index in [9.17, 15) is 10.1 Å². The molecule has 0 atom stereocenters. The van der Waals surface area contributed by atoms with Crippen LogP contribution in [0.5, 0.6) is 0 Å². The summed E-state index contributed by atoms with van der Waals surface area (Å²) in [4.78, 5) is 16.2. The molecule has 104 valence electrons. The van der Waals surface area contributed by atoms with Crippen molar-refractivity contribution in [3.8, 4) is 0 Å². The molecule has 0 spiro atoms.